The third kappa shape index (κ3) is 4.10. The minimum absolute atomic E-state index is 0.171. The van der Waals surface area contributed by atoms with Crippen molar-refractivity contribution in [3.05, 3.63) is 59.8 Å². The summed E-state index contributed by atoms with van der Waals surface area (Å²) >= 11 is 1.31. The Balaban J connectivity index is 1.41. The van der Waals surface area contributed by atoms with Crippen molar-refractivity contribution in [2.75, 3.05) is 0 Å². The number of fused-ring (bicyclic) bond motifs is 1. The normalized spacial score (nSPS) is 11.8. The maximum absolute atomic E-state index is 12.5. The largest absolute Gasteiger partial charge is 0.389 e. The Kier molecular flexibility index (Phi) is 4.70. The third-order valence-electron chi connectivity index (χ3n) is 4.07. The molecule has 4 aromatic heterocycles. The summed E-state index contributed by atoms with van der Waals surface area (Å²) < 4.78 is 3.58. The molecule has 0 bridgehead atoms. The van der Waals surface area contributed by atoms with Crippen LogP contribution in [-0.4, -0.2) is 40.8 Å². The molecule has 0 aromatic carbocycles. The standard InChI is InChI=1S/C19H20N6O2S/c1-19(2,27)12-25-11-14(9-23-25)18-22-10-15(28-18)17(26)21-8-13-3-5-24-6-4-20-16(24)7-13/h3-7,9-11,27H,8,12H2,1-2H3,(H,21,26). The maximum Gasteiger partial charge on any atom is 0.263 e. The summed E-state index contributed by atoms with van der Waals surface area (Å²) in [6.07, 6.45) is 10.6. The third-order valence-corrected chi connectivity index (χ3v) is 5.12. The summed E-state index contributed by atoms with van der Waals surface area (Å²) in [5.41, 5.74) is 1.79. The number of pyridine rings is 1. The molecule has 144 valence electrons. The predicted octanol–water partition coefficient (Wildman–Crippen LogP) is 2.36. The highest BCUT2D eigenvalue weighted by molar-refractivity contribution is 7.16. The van der Waals surface area contributed by atoms with E-state index in [0.717, 1.165) is 16.8 Å². The van der Waals surface area contributed by atoms with Gasteiger partial charge in [0.25, 0.3) is 5.91 Å². The van der Waals surface area contributed by atoms with Crippen LogP contribution in [0.25, 0.3) is 16.2 Å². The van der Waals surface area contributed by atoms with E-state index in [1.54, 1.807) is 37.1 Å². The summed E-state index contributed by atoms with van der Waals surface area (Å²) in [5, 5.41) is 17.8. The Morgan fingerprint density at radius 2 is 2.14 bits per heavy atom. The summed E-state index contributed by atoms with van der Waals surface area (Å²) in [6.45, 7) is 4.25. The molecule has 0 aliphatic heterocycles. The van der Waals surface area contributed by atoms with Crippen molar-refractivity contribution < 1.29 is 9.90 Å². The van der Waals surface area contributed by atoms with E-state index in [2.05, 4.69) is 20.4 Å². The van der Waals surface area contributed by atoms with E-state index in [1.165, 1.54) is 11.3 Å². The highest BCUT2D eigenvalue weighted by Gasteiger charge is 2.16. The van der Waals surface area contributed by atoms with Gasteiger partial charge in [-0.1, -0.05) is 0 Å². The van der Waals surface area contributed by atoms with Gasteiger partial charge < -0.3 is 14.8 Å². The zero-order chi connectivity index (χ0) is 19.7. The van der Waals surface area contributed by atoms with Gasteiger partial charge >= 0.3 is 0 Å². The van der Waals surface area contributed by atoms with E-state index < -0.39 is 5.60 Å². The molecule has 0 aliphatic rings. The van der Waals surface area contributed by atoms with E-state index in [0.29, 0.717) is 23.0 Å². The Bertz CT molecular complexity index is 1120. The molecule has 28 heavy (non-hydrogen) atoms. The molecular weight excluding hydrogens is 376 g/mol. The molecule has 0 radical (unpaired) electrons. The van der Waals surface area contributed by atoms with E-state index >= 15 is 0 Å². The van der Waals surface area contributed by atoms with Crippen molar-refractivity contribution in [2.24, 2.45) is 0 Å². The van der Waals surface area contributed by atoms with Crippen LogP contribution in [0, 0.1) is 0 Å². The van der Waals surface area contributed by atoms with Gasteiger partial charge in [0.2, 0.25) is 0 Å². The molecule has 8 nitrogen and oxygen atoms in total. The first kappa shape index (κ1) is 18.3. The number of nitrogens with zero attached hydrogens (tertiary/aromatic N) is 5. The van der Waals surface area contributed by atoms with Crippen LogP contribution in [0.15, 0.2) is 49.3 Å². The fraction of sp³-hybridized carbons (Fsp3) is 0.263. The van der Waals surface area contributed by atoms with Gasteiger partial charge in [0, 0.05) is 36.9 Å². The van der Waals surface area contributed by atoms with Crippen LogP contribution in [0.2, 0.25) is 0 Å². The van der Waals surface area contributed by atoms with Gasteiger partial charge in [0.1, 0.15) is 15.5 Å². The lowest BCUT2D eigenvalue weighted by atomic mass is 10.1. The first-order valence-corrected chi connectivity index (χ1v) is 9.60. The molecule has 0 unspecified atom stereocenters. The van der Waals surface area contributed by atoms with E-state index in [4.69, 9.17) is 0 Å². The lowest BCUT2D eigenvalue weighted by molar-refractivity contribution is 0.0577. The Morgan fingerprint density at radius 1 is 1.29 bits per heavy atom. The summed E-state index contributed by atoms with van der Waals surface area (Å²) in [5.74, 6) is -0.171. The van der Waals surface area contributed by atoms with Gasteiger partial charge in [-0.05, 0) is 31.5 Å². The highest BCUT2D eigenvalue weighted by atomic mass is 32.1. The molecule has 9 heteroatoms. The van der Waals surface area contributed by atoms with Crippen LogP contribution < -0.4 is 5.32 Å². The molecule has 0 saturated carbocycles. The van der Waals surface area contributed by atoms with Gasteiger partial charge in [-0.15, -0.1) is 11.3 Å². The SMILES string of the molecule is CC(C)(O)Cn1cc(-c2ncc(C(=O)NCc3ccn4ccnc4c3)s2)cn1. The van der Waals surface area contributed by atoms with Crippen molar-refractivity contribution >= 4 is 22.9 Å². The minimum Gasteiger partial charge on any atom is -0.389 e. The zero-order valence-corrected chi connectivity index (χ0v) is 16.3. The Labute approximate surface area is 165 Å². The van der Waals surface area contributed by atoms with Crippen LogP contribution in [-0.2, 0) is 13.1 Å². The first-order chi connectivity index (χ1) is 13.4. The molecule has 2 N–H and O–H groups in total. The summed E-state index contributed by atoms with van der Waals surface area (Å²) in [6, 6.07) is 3.89. The number of thiazole rings is 1. The van der Waals surface area contributed by atoms with Crippen LogP contribution in [0.3, 0.4) is 0 Å². The number of rotatable bonds is 6. The Hall–Kier alpha value is -3.04. The van der Waals surface area contributed by atoms with Gasteiger partial charge in [-0.2, -0.15) is 5.10 Å². The van der Waals surface area contributed by atoms with Crippen molar-refractivity contribution in [1.82, 2.24) is 29.5 Å². The van der Waals surface area contributed by atoms with Crippen LogP contribution in [0.5, 0.6) is 0 Å². The number of hydrogen-bond donors (Lipinski definition) is 2. The highest BCUT2D eigenvalue weighted by Crippen LogP contribution is 2.25. The number of aliphatic hydroxyl groups is 1. The second-order valence-electron chi connectivity index (χ2n) is 7.18. The second-order valence-corrected chi connectivity index (χ2v) is 8.21. The number of aromatic nitrogens is 5. The number of imidazole rings is 1. The number of amides is 1. The molecule has 4 rings (SSSR count). The van der Waals surface area contributed by atoms with Crippen molar-refractivity contribution in [2.45, 2.75) is 32.5 Å². The number of hydrogen-bond acceptors (Lipinski definition) is 6. The molecule has 0 saturated heterocycles. The number of carbonyl (C=O) groups is 1. The van der Waals surface area contributed by atoms with E-state index in [-0.39, 0.29) is 5.91 Å². The lowest BCUT2D eigenvalue weighted by Gasteiger charge is -2.16. The van der Waals surface area contributed by atoms with Crippen LogP contribution in [0.4, 0.5) is 0 Å². The summed E-state index contributed by atoms with van der Waals surface area (Å²) in [7, 11) is 0. The second kappa shape index (κ2) is 7.17. The average Bonchev–Trinajstić information content (AvgIpc) is 3.37. The zero-order valence-electron chi connectivity index (χ0n) is 15.5. The van der Waals surface area contributed by atoms with Crippen molar-refractivity contribution in [3.8, 4) is 10.6 Å². The van der Waals surface area contributed by atoms with Crippen LogP contribution in [0.1, 0.15) is 29.1 Å². The molecule has 0 spiro atoms. The number of nitrogens with one attached hydrogen (secondary N) is 1. The molecular formula is C19H20N6O2S. The topological polar surface area (TPSA) is 97.3 Å². The lowest BCUT2D eigenvalue weighted by Crippen LogP contribution is -2.26. The van der Waals surface area contributed by atoms with Crippen molar-refractivity contribution in [3.63, 3.8) is 0 Å². The van der Waals surface area contributed by atoms with E-state index in [1.807, 2.05) is 35.1 Å². The molecule has 0 fully saturated rings. The summed E-state index contributed by atoms with van der Waals surface area (Å²) in [4.78, 5) is 21.6. The minimum atomic E-state index is -0.851. The molecule has 1 amide bonds. The fourth-order valence-electron chi connectivity index (χ4n) is 2.80. The van der Waals surface area contributed by atoms with E-state index in [9.17, 15) is 9.90 Å². The average molecular weight is 396 g/mol. The first-order valence-electron chi connectivity index (χ1n) is 8.78. The molecule has 0 atom stereocenters. The fourth-order valence-corrected chi connectivity index (χ4v) is 3.61. The smallest absolute Gasteiger partial charge is 0.263 e. The molecule has 4 aromatic rings. The molecule has 0 aliphatic carbocycles. The van der Waals surface area contributed by atoms with Gasteiger partial charge in [-0.25, -0.2) is 9.97 Å². The van der Waals surface area contributed by atoms with Crippen LogP contribution >= 0.6 is 11.3 Å². The Morgan fingerprint density at radius 3 is 2.96 bits per heavy atom. The maximum atomic E-state index is 12.5. The monoisotopic (exact) mass is 396 g/mol. The number of carbonyl (C=O) groups excluding carboxylic acids is 1. The van der Waals surface area contributed by atoms with Gasteiger partial charge in [-0.3, -0.25) is 9.48 Å². The van der Waals surface area contributed by atoms with Gasteiger partial charge in [0.15, 0.2) is 0 Å². The molecule has 4 heterocycles. The van der Waals surface area contributed by atoms with Gasteiger partial charge in [0.05, 0.1) is 24.5 Å². The predicted molar refractivity (Wildman–Crippen MR) is 106 cm³/mol. The van der Waals surface area contributed by atoms with Crippen molar-refractivity contribution in [1.29, 1.82) is 0 Å². The quantitative estimate of drug-likeness (QED) is 0.521.